The Labute approximate surface area is 87.5 Å². The highest BCUT2D eigenvalue weighted by Gasteiger charge is 2.24. The van der Waals surface area contributed by atoms with Gasteiger partial charge in [0.2, 0.25) is 0 Å². The van der Waals surface area contributed by atoms with Gasteiger partial charge in [0.1, 0.15) is 0 Å². The SMILES string of the molecule is CCN(CC(C)(C)O)C1CCNCC1. The second-order valence-corrected chi connectivity index (χ2v) is 4.86. The lowest BCUT2D eigenvalue weighted by molar-refractivity contribution is 0.0173. The highest BCUT2D eigenvalue weighted by atomic mass is 16.3. The molecule has 0 radical (unpaired) electrons. The minimum Gasteiger partial charge on any atom is -0.389 e. The largest absolute Gasteiger partial charge is 0.389 e. The predicted octanol–water partition coefficient (Wildman–Crippen LogP) is 0.831. The van der Waals surface area contributed by atoms with Crippen LogP contribution in [0.4, 0.5) is 0 Å². The molecule has 3 nitrogen and oxygen atoms in total. The molecule has 0 aromatic carbocycles. The molecule has 14 heavy (non-hydrogen) atoms. The quantitative estimate of drug-likeness (QED) is 0.705. The van der Waals surface area contributed by atoms with E-state index >= 15 is 0 Å². The molecule has 1 rings (SSSR count). The van der Waals surface area contributed by atoms with Crippen LogP contribution in [-0.4, -0.2) is 47.8 Å². The van der Waals surface area contributed by atoms with E-state index in [9.17, 15) is 5.11 Å². The average molecular weight is 200 g/mol. The molecule has 1 fully saturated rings. The van der Waals surface area contributed by atoms with Crippen LogP contribution in [0.2, 0.25) is 0 Å². The van der Waals surface area contributed by atoms with E-state index in [0.717, 1.165) is 26.2 Å². The smallest absolute Gasteiger partial charge is 0.0718 e. The summed E-state index contributed by atoms with van der Waals surface area (Å²) in [6.07, 6.45) is 2.42. The third-order valence-electron chi connectivity index (χ3n) is 2.82. The molecular weight excluding hydrogens is 176 g/mol. The molecule has 84 valence electrons. The van der Waals surface area contributed by atoms with Gasteiger partial charge in [-0.15, -0.1) is 0 Å². The normalized spacial score (nSPS) is 20.4. The summed E-state index contributed by atoms with van der Waals surface area (Å²) in [6.45, 7) is 10.0. The fourth-order valence-corrected chi connectivity index (χ4v) is 2.17. The lowest BCUT2D eigenvalue weighted by atomic mass is 10.0. The van der Waals surface area contributed by atoms with Crippen molar-refractivity contribution in [2.75, 3.05) is 26.2 Å². The maximum absolute atomic E-state index is 9.79. The zero-order valence-electron chi connectivity index (χ0n) is 9.71. The second kappa shape index (κ2) is 5.10. The zero-order chi connectivity index (χ0) is 10.6. The lowest BCUT2D eigenvalue weighted by Crippen LogP contribution is -2.48. The predicted molar refractivity (Wildman–Crippen MR) is 59.4 cm³/mol. The number of aliphatic hydroxyl groups is 1. The molecule has 1 aliphatic heterocycles. The van der Waals surface area contributed by atoms with E-state index in [-0.39, 0.29) is 0 Å². The van der Waals surface area contributed by atoms with Gasteiger partial charge in [0, 0.05) is 12.6 Å². The summed E-state index contributed by atoms with van der Waals surface area (Å²) in [5, 5.41) is 13.2. The number of hydrogen-bond acceptors (Lipinski definition) is 3. The van der Waals surface area contributed by atoms with E-state index in [1.807, 2.05) is 13.8 Å². The molecule has 1 aliphatic rings. The summed E-state index contributed by atoms with van der Waals surface area (Å²) < 4.78 is 0. The van der Waals surface area contributed by atoms with Crippen LogP contribution in [0.3, 0.4) is 0 Å². The fraction of sp³-hybridized carbons (Fsp3) is 1.00. The molecule has 0 amide bonds. The number of hydrogen-bond donors (Lipinski definition) is 2. The summed E-state index contributed by atoms with van der Waals surface area (Å²) in [4.78, 5) is 2.40. The first-order chi connectivity index (χ1) is 6.53. The Kier molecular flexibility index (Phi) is 4.35. The minimum atomic E-state index is -0.569. The Morgan fingerprint density at radius 1 is 1.36 bits per heavy atom. The molecule has 2 N–H and O–H groups in total. The van der Waals surface area contributed by atoms with Gasteiger partial charge in [-0.05, 0) is 46.3 Å². The molecule has 0 spiro atoms. The Morgan fingerprint density at radius 2 is 1.93 bits per heavy atom. The van der Waals surface area contributed by atoms with Crippen LogP contribution in [-0.2, 0) is 0 Å². The van der Waals surface area contributed by atoms with Gasteiger partial charge >= 0.3 is 0 Å². The van der Waals surface area contributed by atoms with E-state index in [4.69, 9.17) is 0 Å². The van der Waals surface area contributed by atoms with Gasteiger partial charge < -0.3 is 10.4 Å². The molecule has 1 heterocycles. The van der Waals surface area contributed by atoms with Crippen molar-refractivity contribution in [1.82, 2.24) is 10.2 Å². The summed E-state index contributed by atoms with van der Waals surface area (Å²) >= 11 is 0. The Morgan fingerprint density at radius 3 is 2.36 bits per heavy atom. The number of piperidine rings is 1. The van der Waals surface area contributed by atoms with Gasteiger partial charge in [-0.3, -0.25) is 4.90 Å². The number of likely N-dealkylation sites (N-methyl/N-ethyl adjacent to an activating group) is 1. The van der Waals surface area contributed by atoms with Crippen molar-refractivity contribution < 1.29 is 5.11 Å². The Hall–Kier alpha value is -0.120. The molecule has 0 aromatic rings. The third kappa shape index (κ3) is 3.95. The average Bonchev–Trinajstić information content (AvgIpc) is 2.14. The maximum Gasteiger partial charge on any atom is 0.0718 e. The molecule has 0 bridgehead atoms. The first kappa shape index (κ1) is 12.0. The number of rotatable bonds is 4. The van der Waals surface area contributed by atoms with Gasteiger partial charge in [0.25, 0.3) is 0 Å². The van der Waals surface area contributed by atoms with Crippen molar-refractivity contribution in [2.45, 2.75) is 45.3 Å². The number of nitrogens with zero attached hydrogens (tertiary/aromatic N) is 1. The van der Waals surface area contributed by atoms with Crippen molar-refractivity contribution in [3.05, 3.63) is 0 Å². The fourth-order valence-electron chi connectivity index (χ4n) is 2.17. The van der Waals surface area contributed by atoms with Crippen LogP contribution in [0, 0.1) is 0 Å². The third-order valence-corrected chi connectivity index (χ3v) is 2.82. The highest BCUT2D eigenvalue weighted by Crippen LogP contribution is 2.15. The Balaban J connectivity index is 2.43. The van der Waals surface area contributed by atoms with E-state index in [0.29, 0.717) is 6.04 Å². The molecule has 3 heteroatoms. The number of nitrogens with one attached hydrogen (secondary N) is 1. The summed E-state index contributed by atoms with van der Waals surface area (Å²) in [6, 6.07) is 0.660. The van der Waals surface area contributed by atoms with Crippen LogP contribution in [0.5, 0.6) is 0 Å². The minimum absolute atomic E-state index is 0.569. The van der Waals surface area contributed by atoms with Crippen molar-refractivity contribution >= 4 is 0 Å². The van der Waals surface area contributed by atoms with Crippen molar-refractivity contribution in [3.8, 4) is 0 Å². The topological polar surface area (TPSA) is 35.5 Å². The second-order valence-electron chi connectivity index (χ2n) is 4.86. The van der Waals surface area contributed by atoms with Gasteiger partial charge in [-0.25, -0.2) is 0 Å². The molecule has 0 atom stereocenters. The standard InChI is InChI=1S/C11H24N2O/c1-4-13(9-11(2,3)14)10-5-7-12-8-6-10/h10,12,14H,4-9H2,1-3H3. The van der Waals surface area contributed by atoms with Crippen LogP contribution in [0.1, 0.15) is 33.6 Å². The first-order valence-electron chi connectivity index (χ1n) is 5.70. The van der Waals surface area contributed by atoms with E-state index in [2.05, 4.69) is 17.1 Å². The summed E-state index contributed by atoms with van der Waals surface area (Å²) in [7, 11) is 0. The maximum atomic E-state index is 9.79. The van der Waals surface area contributed by atoms with Crippen molar-refractivity contribution in [1.29, 1.82) is 0 Å². The van der Waals surface area contributed by atoms with E-state index < -0.39 is 5.60 Å². The molecule has 1 saturated heterocycles. The van der Waals surface area contributed by atoms with E-state index in [1.54, 1.807) is 0 Å². The molecule has 0 aromatic heterocycles. The molecule has 0 aliphatic carbocycles. The Bertz CT molecular complexity index is 159. The summed E-state index contributed by atoms with van der Waals surface area (Å²) in [5.74, 6) is 0. The first-order valence-corrected chi connectivity index (χ1v) is 5.70. The van der Waals surface area contributed by atoms with Crippen LogP contribution in [0.15, 0.2) is 0 Å². The molecule has 0 unspecified atom stereocenters. The van der Waals surface area contributed by atoms with Crippen LogP contribution >= 0.6 is 0 Å². The summed E-state index contributed by atoms with van der Waals surface area (Å²) in [5.41, 5.74) is -0.569. The monoisotopic (exact) mass is 200 g/mol. The van der Waals surface area contributed by atoms with Gasteiger partial charge in [-0.2, -0.15) is 0 Å². The van der Waals surface area contributed by atoms with Gasteiger partial charge in [0.05, 0.1) is 5.60 Å². The highest BCUT2D eigenvalue weighted by molar-refractivity contribution is 4.81. The zero-order valence-corrected chi connectivity index (χ0v) is 9.71. The van der Waals surface area contributed by atoms with Crippen molar-refractivity contribution in [2.24, 2.45) is 0 Å². The van der Waals surface area contributed by atoms with Gasteiger partial charge in [0.15, 0.2) is 0 Å². The van der Waals surface area contributed by atoms with Crippen LogP contribution < -0.4 is 5.32 Å². The van der Waals surface area contributed by atoms with Crippen molar-refractivity contribution in [3.63, 3.8) is 0 Å². The lowest BCUT2D eigenvalue weighted by Gasteiger charge is -2.37. The van der Waals surface area contributed by atoms with E-state index in [1.165, 1.54) is 12.8 Å². The van der Waals surface area contributed by atoms with Gasteiger partial charge in [-0.1, -0.05) is 6.92 Å². The molecule has 0 saturated carbocycles. The molecular formula is C11H24N2O. The van der Waals surface area contributed by atoms with Crippen LogP contribution in [0.25, 0.3) is 0 Å².